The number of furan rings is 6. The molecule has 20 aromatic rings. The van der Waals surface area contributed by atoms with Crippen LogP contribution in [0.2, 0.25) is 0 Å². The first kappa shape index (κ1) is 59.4. The van der Waals surface area contributed by atoms with Gasteiger partial charge in [-0.1, -0.05) is 109 Å². The summed E-state index contributed by atoms with van der Waals surface area (Å²) in [5.74, 6) is 2.74. The predicted octanol–water partition coefficient (Wildman–Crippen LogP) is 20.2. The molecule has 0 radical (unpaired) electrons. The second kappa shape index (κ2) is 24.6. The summed E-state index contributed by atoms with van der Waals surface area (Å²) in [6.45, 7) is 12.3. The van der Waals surface area contributed by atoms with Crippen molar-refractivity contribution in [2.24, 2.45) is 28.2 Å². The fourth-order valence-electron chi connectivity index (χ4n) is 14.9. The maximum absolute atomic E-state index is 7.65. The average Bonchev–Trinajstić information content (AvgIpc) is 1.63. The molecule has 0 saturated carbocycles. The summed E-state index contributed by atoms with van der Waals surface area (Å²) in [4.78, 5) is 18.4. The Labute approximate surface area is 590 Å². The topological polar surface area (TPSA) is 146 Å². The number of nitrogens with zero attached hydrogens (tertiary/aromatic N) is 8. The molecule has 14 heteroatoms. The Kier molecular flexibility index (Phi) is 14.3. The van der Waals surface area contributed by atoms with Crippen molar-refractivity contribution in [1.29, 1.82) is 0 Å². The van der Waals surface area contributed by atoms with Crippen LogP contribution in [0.4, 0.5) is 0 Å². The van der Waals surface area contributed by atoms with Crippen LogP contribution in [0.15, 0.2) is 246 Å². The van der Waals surface area contributed by atoms with Crippen LogP contribution in [-0.2, 0) is 28.2 Å². The number of rotatable bonds is 4. The highest BCUT2D eigenvalue weighted by molar-refractivity contribution is 6.25. The Hall–Kier alpha value is -12.7. The van der Waals surface area contributed by atoms with E-state index >= 15 is 0 Å². The van der Waals surface area contributed by atoms with E-state index in [0.717, 1.165) is 149 Å². The Bertz CT molecular complexity index is 6950. The zero-order chi connectivity index (χ0) is 72.4. The first-order chi connectivity index (χ1) is 50.8. The van der Waals surface area contributed by atoms with E-state index < -0.39 is 6.85 Å². The third-order valence-electron chi connectivity index (χ3n) is 19.8. The largest absolute Gasteiger partial charge is 0.437 e. The van der Waals surface area contributed by atoms with E-state index in [1.165, 1.54) is 39.2 Å². The van der Waals surface area contributed by atoms with Gasteiger partial charge in [-0.3, -0.25) is 0 Å². The molecule has 0 unspecified atom stereocenters. The lowest BCUT2D eigenvalue weighted by molar-refractivity contribution is -0.663. The van der Waals surface area contributed by atoms with E-state index in [1.807, 2.05) is 113 Å². The SMILES string of the molecule is Cc1cc[n+](C)c(-c2c(C)c3ccccc3c3c2oc2nc(C)ccc23)n1.Cc1cc[n+](C)c(-c2c(C)ccc3c2oc2oc4ccccc4c23)c1.Cc1ccc2c(oc3oc4ccccc4c32)c1-c1cccc[n+]1C.[2H]C([2H])([2H])c1cnc(-c2c(C)c3ccccc3c3c2oc2ncccc23)[n+](C)c1. The number of benzene rings is 8. The van der Waals surface area contributed by atoms with Gasteiger partial charge in [-0.15, -0.1) is 0 Å². The molecular formula is C88H72N8O6+4. The molecule has 0 amide bonds. The highest BCUT2D eigenvalue weighted by Gasteiger charge is 2.30. The normalized spacial score (nSPS) is 12.3. The molecule has 12 heterocycles. The Morgan fingerprint density at radius 3 is 1.46 bits per heavy atom. The highest BCUT2D eigenvalue weighted by atomic mass is 16.5. The molecule has 496 valence electrons. The molecule has 0 fully saturated rings. The Morgan fingerprint density at radius 1 is 0.343 bits per heavy atom. The Morgan fingerprint density at radius 2 is 0.853 bits per heavy atom. The van der Waals surface area contributed by atoms with Gasteiger partial charge in [0.25, 0.3) is 11.6 Å². The van der Waals surface area contributed by atoms with Crippen LogP contribution in [0.1, 0.15) is 48.9 Å². The summed E-state index contributed by atoms with van der Waals surface area (Å²) in [7, 11) is 7.94. The number of aromatic nitrogens is 8. The minimum Gasteiger partial charge on any atom is -0.437 e. The lowest BCUT2D eigenvalue weighted by Crippen LogP contribution is -2.32. The molecule has 0 aliphatic rings. The fourth-order valence-corrected chi connectivity index (χ4v) is 14.9. The molecule has 0 bridgehead atoms. The summed E-state index contributed by atoms with van der Waals surface area (Å²) >= 11 is 0. The van der Waals surface area contributed by atoms with Crippen molar-refractivity contribution in [2.45, 2.75) is 55.3 Å². The van der Waals surface area contributed by atoms with Gasteiger partial charge in [-0.2, -0.15) is 0 Å². The van der Waals surface area contributed by atoms with E-state index in [1.54, 1.807) is 24.0 Å². The number of para-hydroxylation sites is 2. The summed E-state index contributed by atoms with van der Waals surface area (Å²) in [5, 5.41) is 15.2. The standard InChI is InChI=1S/C23H20N3O.C22H18N3O.C22H18NO2.C21H16NO2/c1-13-9-10-18-20-17-8-6-5-7-16(17)15(3)19(21(20)27-23(18)25-13)22-24-14(2)11-12-26(22)4;1-13-11-24-21(25(3)12-13)18-14(2)15-7-4-5-8-16(15)19-17-9-6-10-23-22(17)26-20(18)19;1-13-10-11-23(3)17(12-13)19-14(2)8-9-16-20-15-6-4-5-7-18(15)24-22(20)25-21(16)19;1-13-10-11-15-19-14-7-3-4-9-17(14)23-21(19)24-20(15)18(13)16-8-5-6-12-22(16)2/h5-12H,1-4H3;4-12H,1-3H3;4-12H,1-3H3;3-12H,1-2H3/q4*+1/i;1D3;;. The van der Waals surface area contributed by atoms with Crippen LogP contribution in [0.5, 0.6) is 0 Å². The summed E-state index contributed by atoms with van der Waals surface area (Å²) in [6.07, 6.45) is 10.9. The van der Waals surface area contributed by atoms with Gasteiger partial charge in [0.05, 0.1) is 48.4 Å². The maximum atomic E-state index is 7.65. The smallest absolute Gasteiger partial charge is 0.334 e. The van der Waals surface area contributed by atoms with Crippen molar-refractivity contribution in [3.05, 3.63) is 264 Å². The molecule has 0 atom stereocenters. The predicted molar refractivity (Wildman–Crippen MR) is 405 cm³/mol. The van der Waals surface area contributed by atoms with E-state index in [9.17, 15) is 0 Å². The van der Waals surface area contributed by atoms with E-state index in [0.29, 0.717) is 34.4 Å². The molecule has 0 aliphatic heterocycles. The Balaban J connectivity index is 0.000000104. The number of hydrogen-bond acceptors (Lipinski definition) is 10. The van der Waals surface area contributed by atoms with Crippen molar-refractivity contribution in [1.82, 2.24) is 19.9 Å². The molecule has 0 saturated heterocycles. The number of hydrogen-bond donors (Lipinski definition) is 0. The first-order valence-corrected chi connectivity index (χ1v) is 34.0. The molecule has 102 heavy (non-hydrogen) atoms. The minimum absolute atomic E-state index is 0.199. The van der Waals surface area contributed by atoms with Crippen LogP contribution in [-0.4, -0.2) is 19.9 Å². The zero-order valence-corrected chi connectivity index (χ0v) is 58.3. The monoisotopic (exact) mass is 1340 g/mol. The second-order valence-corrected chi connectivity index (χ2v) is 26.5. The highest BCUT2D eigenvalue weighted by Crippen LogP contribution is 2.46. The van der Waals surface area contributed by atoms with Crippen LogP contribution < -0.4 is 18.3 Å². The summed E-state index contributed by atoms with van der Waals surface area (Å²) in [6, 6.07) is 62.0. The van der Waals surface area contributed by atoms with Crippen LogP contribution in [0.25, 0.3) is 177 Å². The second-order valence-electron chi connectivity index (χ2n) is 26.5. The van der Waals surface area contributed by atoms with Crippen molar-refractivity contribution < 1.29 is 48.9 Å². The average molecular weight is 1340 g/mol. The molecule has 14 nitrogen and oxygen atoms in total. The zero-order valence-electron chi connectivity index (χ0n) is 61.3. The van der Waals surface area contributed by atoms with Crippen LogP contribution in [0.3, 0.4) is 0 Å². The number of aryl methyl sites for hydroxylation is 12. The van der Waals surface area contributed by atoms with Gasteiger partial charge in [0, 0.05) is 102 Å². The number of fused-ring (bicyclic) bond motifs is 20. The summed E-state index contributed by atoms with van der Waals surface area (Å²) < 4.78 is 67.8. The summed E-state index contributed by atoms with van der Waals surface area (Å²) in [5.41, 5.74) is 20.6. The minimum atomic E-state index is -2.21. The van der Waals surface area contributed by atoms with E-state index in [4.69, 9.17) is 35.6 Å². The lowest BCUT2D eigenvalue weighted by atomic mass is 9.94. The molecule has 20 rings (SSSR count). The third kappa shape index (κ3) is 10.3. The lowest BCUT2D eigenvalue weighted by Gasteiger charge is -2.09. The van der Waals surface area contributed by atoms with Gasteiger partial charge in [0.1, 0.15) is 42.6 Å². The van der Waals surface area contributed by atoms with Crippen molar-refractivity contribution in [3.63, 3.8) is 0 Å². The molecule has 0 spiro atoms. The molecule has 0 N–H and O–H groups in total. The van der Waals surface area contributed by atoms with Crippen molar-refractivity contribution in [2.75, 3.05) is 0 Å². The van der Waals surface area contributed by atoms with E-state index in [-0.39, 0.29) is 5.56 Å². The van der Waals surface area contributed by atoms with Gasteiger partial charge >= 0.3 is 11.6 Å². The maximum Gasteiger partial charge on any atom is 0.334 e. The molecule has 0 aliphatic carbocycles. The van der Waals surface area contributed by atoms with Crippen LogP contribution in [0, 0.1) is 55.3 Å². The fraction of sp³-hybridized carbons (Fsp3) is 0.136. The van der Waals surface area contributed by atoms with Crippen molar-refractivity contribution in [3.8, 4) is 45.3 Å². The van der Waals surface area contributed by atoms with E-state index in [2.05, 4.69) is 186 Å². The van der Waals surface area contributed by atoms with Crippen LogP contribution >= 0.6 is 0 Å². The van der Waals surface area contributed by atoms with Gasteiger partial charge in [-0.25, -0.2) is 28.2 Å². The molecular weight excluding hydrogens is 1270 g/mol. The van der Waals surface area contributed by atoms with Gasteiger partial charge in [0.15, 0.2) is 40.4 Å². The quantitative estimate of drug-likeness (QED) is 0.156. The van der Waals surface area contributed by atoms with Crippen molar-refractivity contribution >= 4 is 132 Å². The third-order valence-corrected chi connectivity index (χ3v) is 19.8. The molecule has 12 aromatic heterocycles. The molecule has 8 aromatic carbocycles. The van der Waals surface area contributed by atoms with Gasteiger partial charge in [0.2, 0.25) is 22.8 Å². The first-order valence-electron chi connectivity index (χ1n) is 35.5. The number of pyridine rings is 4. The van der Waals surface area contributed by atoms with Gasteiger partial charge in [-0.05, 0) is 150 Å². The van der Waals surface area contributed by atoms with Gasteiger partial charge < -0.3 is 26.5 Å².